The van der Waals surface area contributed by atoms with E-state index in [0.29, 0.717) is 17.9 Å². The first-order valence-corrected chi connectivity index (χ1v) is 8.89. The molecule has 0 saturated heterocycles. The lowest BCUT2D eigenvalue weighted by atomic mass is 9.96. The largest absolute Gasteiger partial charge is 0.493 e. The molecule has 140 valence electrons. The Balaban J connectivity index is 1.90. The summed E-state index contributed by atoms with van der Waals surface area (Å²) >= 11 is 0. The van der Waals surface area contributed by atoms with Crippen LogP contribution in [0.2, 0.25) is 0 Å². The van der Waals surface area contributed by atoms with Gasteiger partial charge in [0, 0.05) is 6.07 Å². The monoisotopic (exact) mass is 373 g/mol. The second-order valence-corrected chi connectivity index (χ2v) is 6.13. The van der Waals surface area contributed by atoms with Crippen LogP contribution >= 0.6 is 0 Å². The molecular formula is C24H20FNO2. The topological polar surface area (TPSA) is 42.2 Å². The molecule has 28 heavy (non-hydrogen) atoms. The van der Waals surface area contributed by atoms with Gasteiger partial charge in [0.05, 0.1) is 19.6 Å². The van der Waals surface area contributed by atoms with Crippen LogP contribution in [-0.4, -0.2) is 13.7 Å². The van der Waals surface area contributed by atoms with Crippen molar-refractivity contribution in [3.05, 3.63) is 101 Å². The van der Waals surface area contributed by atoms with E-state index in [1.807, 2.05) is 60.7 Å². The summed E-state index contributed by atoms with van der Waals surface area (Å²) in [6, 6.07) is 24.3. The number of ether oxygens (including phenoxy) is 2. The first-order valence-electron chi connectivity index (χ1n) is 8.89. The average Bonchev–Trinajstić information content (AvgIpc) is 2.73. The molecule has 0 heterocycles. The molecule has 0 aliphatic rings. The summed E-state index contributed by atoms with van der Waals surface area (Å²) in [5, 5.41) is 8.98. The van der Waals surface area contributed by atoms with Gasteiger partial charge in [0.1, 0.15) is 12.4 Å². The van der Waals surface area contributed by atoms with Crippen LogP contribution in [-0.2, 0) is 6.42 Å². The van der Waals surface area contributed by atoms with Crippen LogP contribution < -0.4 is 9.47 Å². The van der Waals surface area contributed by atoms with Crippen molar-refractivity contribution >= 4 is 5.57 Å². The fourth-order valence-corrected chi connectivity index (χ4v) is 2.94. The zero-order chi connectivity index (χ0) is 19.8. The van der Waals surface area contributed by atoms with Gasteiger partial charge in [0.2, 0.25) is 0 Å². The molecule has 0 atom stereocenters. The van der Waals surface area contributed by atoms with E-state index < -0.39 is 0 Å². The fourth-order valence-electron chi connectivity index (χ4n) is 2.94. The van der Waals surface area contributed by atoms with Crippen molar-refractivity contribution in [2.24, 2.45) is 0 Å². The lowest BCUT2D eigenvalue weighted by Crippen LogP contribution is -1.99. The van der Waals surface area contributed by atoms with Gasteiger partial charge in [-0.25, -0.2) is 4.39 Å². The molecule has 0 radical (unpaired) electrons. The van der Waals surface area contributed by atoms with Gasteiger partial charge in [0.25, 0.3) is 0 Å². The maximum atomic E-state index is 13.4. The maximum absolute atomic E-state index is 13.4. The highest BCUT2D eigenvalue weighted by Gasteiger charge is 2.08. The Labute approximate surface area is 164 Å². The summed E-state index contributed by atoms with van der Waals surface area (Å²) in [6.45, 7) is 0.286. The third-order valence-corrected chi connectivity index (χ3v) is 4.26. The molecule has 0 amide bonds. The Bertz CT molecular complexity index is 1010. The highest BCUT2D eigenvalue weighted by atomic mass is 19.1. The van der Waals surface area contributed by atoms with Gasteiger partial charge in [0.15, 0.2) is 11.5 Å². The van der Waals surface area contributed by atoms with E-state index in [4.69, 9.17) is 14.7 Å². The summed E-state index contributed by atoms with van der Waals surface area (Å²) < 4.78 is 24.4. The first-order chi connectivity index (χ1) is 13.7. The standard InChI is InChI=1S/C24H20FNO2/c1-27-24-17-21(25)10-11-23(24)28-15-13-22(19-7-3-2-4-8-19)20-9-5-6-18(16-20)12-14-26/h2-11,13,16-17H,12,15H2,1H3/b22-13+. The van der Waals surface area contributed by atoms with Crippen molar-refractivity contribution in [2.45, 2.75) is 6.42 Å². The summed E-state index contributed by atoms with van der Waals surface area (Å²) in [5.41, 5.74) is 4.02. The van der Waals surface area contributed by atoms with Crippen LogP contribution in [0.4, 0.5) is 4.39 Å². The van der Waals surface area contributed by atoms with E-state index in [-0.39, 0.29) is 12.4 Å². The summed E-state index contributed by atoms with van der Waals surface area (Å²) in [4.78, 5) is 0. The number of hydrogen-bond donors (Lipinski definition) is 0. The molecule has 0 aromatic heterocycles. The van der Waals surface area contributed by atoms with E-state index in [9.17, 15) is 4.39 Å². The number of methoxy groups -OCH3 is 1. The number of rotatable bonds is 7. The lowest BCUT2D eigenvalue weighted by molar-refractivity contribution is 0.325. The van der Waals surface area contributed by atoms with E-state index in [2.05, 4.69) is 6.07 Å². The number of nitriles is 1. The molecule has 0 bridgehead atoms. The zero-order valence-corrected chi connectivity index (χ0v) is 15.6. The average molecular weight is 373 g/mol. The molecule has 0 fully saturated rings. The van der Waals surface area contributed by atoms with E-state index in [1.165, 1.54) is 19.2 Å². The van der Waals surface area contributed by atoms with Crippen LogP contribution in [0.5, 0.6) is 11.5 Å². The molecule has 0 saturated carbocycles. The van der Waals surface area contributed by atoms with Gasteiger partial charge in [-0.3, -0.25) is 0 Å². The minimum atomic E-state index is -0.376. The highest BCUT2D eigenvalue weighted by molar-refractivity contribution is 5.80. The van der Waals surface area contributed by atoms with Gasteiger partial charge in [-0.05, 0) is 40.5 Å². The third-order valence-electron chi connectivity index (χ3n) is 4.26. The predicted octanol–water partition coefficient (Wildman–Crippen LogP) is 5.41. The Morgan fingerprint density at radius 3 is 2.50 bits per heavy atom. The second kappa shape index (κ2) is 9.38. The predicted molar refractivity (Wildman–Crippen MR) is 108 cm³/mol. The molecule has 0 spiro atoms. The second-order valence-electron chi connectivity index (χ2n) is 6.13. The molecule has 0 aliphatic heterocycles. The van der Waals surface area contributed by atoms with Crippen LogP contribution in [0.25, 0.3) is 5.57 Å². The van der Waals surface area contributed by atoms with Crippen LogP contribution in [0.15, 0.2) is 78.9 Å². The van der Waals surface area contributed by atoms with E-state index >= 15 is 0 Å². The quantitative estimate of drug-likeness (QED) is 0.556. The maximum Gasteiger partial charge on any atom is 0.163 e. The Hall–Kier alpha value is -3.58. The smallest absolute Gasteiger partial charge is 0.163 e. The molecule has 0 N–H and O–H groups in total. The summed E-state index contributed by atoms with van der Waals surface area (Å²) in [5.74, 6) is 0.454. The van der Waals surface area contributed by atoms with Gasteiger partial charge in [-0.2, -0.15) is 5.26 Å². The minimum Gasteiger partial charge on any atom is -0.493 e. The van der Waals surface area contributed by atoms with Crippen molar-refractivity contribution in [1.29, 1.82) is 5.26 Å². The molecule has 3 aromatic carbocycles. The minimum absolute atomic E-state index is 0.286. The van der Waals surface area contributed by atoms with Crippen molar-refractivity contribution in [1.82, 2.24) is 0 Å². The molecule has 4 heteroatoms. The first kappa shape index (κ1) is 19.2. The fraction of sp³-hybridized carbons (Fsp3) is 0.125. The molecule has 0 aliphatic carbocycles. The lowest BCUT2D eigenvalue weighted by Gasteiger charge is -2.12. The van der Waals surface area contributed by atoms with Crippen LogP contribution in [0.3, 0.4) is 0 Å². The van der Waals surface area contributed by atoms with Gasteiger partial charge < -0.3 is 9.47 Å². The van der Waals surface area contributed by atoms with Gasteiger partial charge in [-0.15, -0.1) is 0 Å². The number of nitrogens with zero attached hydrogens (tertiary/aromatic N) is 1. The Morgan fingerprint density at radius 1 is 0.964 bits per heavy atom. The summed E-state index contributed by atoms with van der Waals surface area (Å²) in [6.07, 6.45) is 2.34. The highest BCUT2D eigenvalue weighted by Crippen LogP contribution is 2.28. The number of hydrogen-bond acceptors (Lipinski definition) is 3. The third kappa shape index (κ3) is 4.77. The van der Waals surface area contributed by atoms with Gasteiger partial charge in [-0.1, -0.05) is 54.6 Å². The van der Waals surface area contributed by atoms with Crippen molar-refractivity contribution < 1.29 is 13.9 Å². The number of benzene rings is 3. The Morgan fingerprint density at radius 2 is 1.75 bits per heavy atom. The van der Waals surface area contributed by atoms with Gasteiger partial charge >= 0.3 is 0 Å². The van der Waals surface area contributed by atoms with Crippen LogP contribution in [0, 0.1) is 17.1 Å². The number of halogens is 1. The Kier molecular flexibility index (Phi) is 6.43. The van der Waals surface area contributed by atoms with E-state index in [1.54, 1.807) is 6.07 Å². The molecular weight excluding hydrogens is 353 g/mol. The van der Waals surface area contributed by atoms with E-state index in [0.717, 1.165) is 22.3 Å². The molecule has 3 rings (SSSR count). The molecule has 3 nitrogen and oxygen atoms in total. The summed E-state index contributed by atoms with van der Waals surface area (Å²) in [7, 11) is 1.48. The zero-order valence-electron chi connectivity index (χ0n) is 15.6. The normalized spacial score (nSPS) is 11.0. The van der Waals surface area contributed by atoms with Crippen molar-refractivity contribution in [3.8, 4) is 17.6 Å². The van der Waals surface area contributed by atoms with Crippen molar-refractivity contribution in [3.63, 3.8) is 0 Å². The van der Waals surface area contributed by atoms with Crippen LogP contribution in [0.1, 0.15) is 16.7 Å². The van der Waals surface area contributed by atoms with Crippen molar-refractivity contribution in [2.75, 3.05) is 13.7 Å². The molecule has 0 unspecified atom stereocenters. The molecule has 3 aromatic rings. The SMILES string of the molecule is COc1cc(F)ccc1OC/C=C(\c1ccccc1)c1cccc(CC#N)c1.